The molecule has 0 unspecified atom stereocenters. The number of benzene rings is 2. The van der Waals surface area contributed by atoms with Gasteiger partial charge in [-0.2, -0.15) is 0 Å². The molecular formula is C19H22F3NO3S. The van der Waals surface area contributed by atoms with Gasteiger partial charge < -0.3 is 4.74 Å². The van der Waals surface area contributed by atoms with E-state index in [2.05, 4.69) is 16.4 Å². The summed E-state index contributed by atoms with van der Waals surface area (Å²) < 4.78 is 67.8. The summed E-state index contributed by atoms with van der Waals surface area (Å²) in [5, 5.41) is 0. The number of halogens is 3. The van der Waals surface area contributed by atoms with Crippen LogP contribution in [0.1, 0.15) is 38.2 Å². The molecule has 0 saturated carbocycles. The van der Waals surface area contributed by atoms with Gasteiger partial charge in [-0.1, -0.05) is 44.4 Å². The molecule has 27 heavy (non-hydrogen) atoms. The Morgan fingerprint density at radius 3 is 2.33 bits per heavy atom. The molecule has 0 saturated heterocycles. The predicted molar refractivity (Wildman–Crippen MR) is 98.2 cm³/mol. The smallest absolute Gasteiger partial charge is 0.406 e. The van der Waals surface area contributed by atoms with E-state index in [9.17, 15) is 21.6 Å². The van der Waals surface area contributed by atoms with Crippen molar-refractivity contribution in [2.75, 3.05) is 4.72 Å². The molecule has 0 amide bonds. The molecule has 148 valence electrons. The lowest BCUT2D eigenvalue weighted by Gasteiger charge is -2.12. The van der Waals surface area contributed by atoms with E-state index in [1.165, 1.54) is 30.7 Å². The van der Waals surface area contributed by atoms with Crippen molar-refractivity contribution in [1.29, 1.82) is 0 Å². The summed E-state index contributed by atoms with van der Waals surface area (Å²) in [6, 6.07) is 11.2. The largest absolute Gasteiger partial charge is 0.573 e. The number of ether oxygens (including phenoxy) is 1. The number of sulfonamides is 1. The molecule has 0 heterocycles. The monoisotopic (exact) mass is 401 g/mol. The van der Waals surface area contributed by atoms with Crippen LogP contribution in [0.25, 0.3) is 0 Å². The van der Waals surface area contributed by atoms with Gasteiger partial charge in [0, 0.05) is 6.07 Å². The highest BCUT2D eigenvalue weighted by Crippen LogP contribution is 2.26. The van der Waals surface area contributed by atoms with E-state index in [0.717, 1.165) is 43.4 Å². The molecule has 4 nitrogen and oxygen atoms in total. The van der Waals surface area contributed by atoms with Crippen molar-refractivity contribution >= 4 is 15.7 Å². The third-order valence-corrected chi connectivity index (χ3v) is 5.27. The molecule has 0 aliphatic heterocycles. The third-order valence-electron chi connectivity index (χ3n) is 3.87. The van der Waals surface area contributed by atoms with E-state index in [1.807, 2.05) is 0 Å². The first kappa shape index (κ1) is 21.1. The second-order valence-electron chi connectivity index (χ2n) is 6.14. The SMILES string of the molecule is CCCCCCc1ccc(S(=O)(=O)Nc2cccc(OC(F)(F)F)c2)cc1. The zero-order valence-electron chi connectivity index (χ0n) is 14.9. The molecule has 1 N–H and O–H groups in total. The second kappa shape index (κ2) is 9.12. The number of nitrogens with one attached hydrogen (secondary N) is 1. The van der Waals surface area contributed by atoms with Crippen LogP contribution in [-0.4, -0.2) is 14.8 Å². The van der Waals surface area contributed by atoms with Crippen LogP contribution in [-0.2, 0) is 16.4 Å². The first-order valence-electron chi connectivity index (χ1n) is 8.67. The highest BCUT2D eigenvalue weighted by atomic mass is 32.2. The van der Waals surface area contributed by atoms with Crippen molar-refractivity contribution in [2.45, 2.75) is 50.3 Å². The summed E-state index contributed by atoms with van der Waals surface area (Å²) in [7, 11) is -3.91. The first-order chi connectivity index (χ1) is 12.7. The fourth-order valence-corrected chi connectivity index (χ4v) is 3.61. The molecule has 0 aliphatic rings. The lowest BCUT2D eigenvalue weighted by molar-refractivity contribution is -0.274. The number of hydrogen-bond donors (Lipinski definition) is 1. The maximum absolute atomic E-state index is 12.4. The summed E-state index contributed by atoms with van der Waals surface area (Å²) in [4.78, 5) is 0.0435. The van der Waals surface area contributed by atoms with Crippen LogP contribution in [0.4, 0.5) is 18.9 Å². The summed E-state index contributed by atoms with van der Waals surface area (Å²) >= 11 is 0. The quantitative estimate of drug-likeness (QED) is 0.564. The highest BCUT2D eigenvalue weighted by molar-refractivity contribution is 7.92. The Balaban J connectivity index is 2.05. The van der Waals surface area contributed by atoms with E-state index < -0.39 is 22.1 Å². The Morgan fingerprint density at radius 1 is 1.00 bits per heavy atom. The molecule has 0 aliphatic carbocycles. The maximum Gasteiger partial charge on any atom is 0.573 e. The summed E-state index contributed by atoms with van der Waals surface area (Å²) in [6.45, 7) is 2.14. The molecule has 0 atom stereocenters. The zero-order chi connectivity index (χ0) is 19.9. The van der Waals surface area contributed by atoms with Crippen molar-refractivity contribution in [3.8, 4) is 5.75 Å². The van der Waals surface area contributed by atoms with E-state index in [-0.39, 0.29) is 10.6 Å². The molecule has 0 aromatic heterocycles. The van der Waals surface area contributed by atoms with Gasteiger partial charge >= 0.3 is 6.36 Å². The van der Waals surface area contributed by atoms with E-state index in [0.29, 0.717) is 0 Å². The van der Waals surface area contributed by atoms with Crippen LogP contribution in [0.3, 0.4) is 0 Å². The van der Waals surface area contributed by atoms with Crippen LogP contribution < -0.4 is 9.46 Å². The topological polar surface area (TPSA) is 55.4 Å². The first-order valence-corrected chi connectivity index (χ1v) is 10.2. The fraction of sp³-hybridized carbons (Fsp3) is 0.368. The highest BCUT2D eigenvalue weighted by Gasteiger charge is 2.31. The molecular weight excluding hydrogens is 379 g/mol. The summed E-state index contributed by atoms with van der Waals surface area (Å²) in [5.74, 6) is -0.495. The molecule has 0 bridgehead atoms. The van der Waals surface area contributed by atoms with Crippen molar-refractivity contribution in [3.05, 3.63) is 54.1 Å². The number of aryl methyl sites for hydroxylation is 1. The minimum Gasteiger partial charge on any atom is -0.406 e. The number of hydrogen-bond acceptors (Lipinski definition) is 3. The Labute approximate surface area is 157 Å². The third kappa shape index (κ3) is 7.13. The normalized spacial score (nSPS) is 12.0. The lowest BCUT2D eigenvalue weighted by Crippen LogP contribution is -2.17. The van der Waals surface area contributed by atoms with Crippen LogP contribution in [0.2, 0.25) is 0 Å². The van der Waals surface area contributed by atoms with Gasteiger partial charge in [0.25, 0.3) is 10.0 Å². The Bertz CT molecular complexity index is 834. The molecule has 0 spiro atoms. The predicted octanol–water partition coefficient (Wildman–Crippen LogP) is 5.51. The minimum absolute atomic E-state index is 0.0135. The van der Waals surface area contributed by atoms with Crippen molar-refractivity contribution in [3.63, 3.8) is 0 Å². The van der Waals surface area contributed by atoms with Gasteiger partial charge in [-0.05, 0) is 42.7 Å². The number of alkyl halides is 3. The van der Waals surface area contributed by atoms with Crippen LogP contribution >= 0.6 is 0 Å². The van der Waals surface area contributed by atoms with Gasteiger partial charge in [0.1, 0.15) is 5.75 Å². The van der Waals surface area contributed by atoms with Gasteiger partial charge in [-0.3, -0.25) is 4.72 Å². The standard InChI is InChI=1S/C19H22F3NO3S/c1-2-3-4-5-7-15-10-12-18(13-11-15)27(24,25)23-16-8-6-9-17(14-16)26-19(20,21)22/h6,8-14,23H,2-5,7H2,1H3. The van der Waals surface area contributed by atoms with Crippen molar-refractivity contribution < 1.29 is 26.3 Å². The number of anilines is 1. The summed E-state index contributed by atoms with van der Waals surface area (Å²) in [5.41, 5.74) is 1.03. The van der Waals surface area contributed by atoms with E-state index in [1.54, 1.807) is 12.1 Å². The summed E-state index contributed by atoms with van der Waals surface area (Å²) in [6.07, 6.45) is 0.541. The van der Waals surface area contributed by atoms with Gasteiger partial charge in [-0.15, -0.1) is 13.2 Å². The number of rotatable bonds is 9. The lowest BCUT2D eigenvalue weighted by atomic mass is 10.1. The second-order valence-corrected chi connectivity index (χ2v) is 7.82. The van der Waals surface area contributed by atoms with E-state index in [4.69, 9.17) is 0 Å². The minimum atomic E-state index is -4.84. The number of unbranched alkanes of at least 4 members (excludes halogenated alkanes) is 3. The zero-order valence-corrected chi connectivity index (χ0v) is 15.7. The average Bonchev–Trinajstić information content (AvgIpc) is 2.57. The van der Waals surface area contributed by atoms with Crippen LogP contribution in [0, 0.1) is 0 Å². The molecule has 2 aromatic carbocycles. The Kier molecular flexibility index (Phi) is 7.12. The molecule has 8 heteroatoms. The Morgan fingerprint density at radius 2 is 1.70 bits per heavy atom. The van der Waals surface area contributed by atoms with Gasteiger partial charge in [0.2, 0.25) is 0 Å². The van der Waals surface area contributed by atoms with Crippen molar-refractivity contribution in [2.24, 2.45) is 0 Å². The Hall–Kier alpha value is -2.22. The van der Waals surface area contributed by atoms with Gasteiger partial charge in [0.15, 0.2) is 0 Å². The maximum atomic E-state index is 12.4. The van der Waals surface area contributed by atoms with Gasteiger partial charge in [-0.25, -0.2) is 8.42 Å². The molecule has 0 radical (unpaired) electrons. The molecule has 2 aromatic rings. The fourth-order valence-electron chi connectivity index (χ4n) is 2.56. The average molecular weight is 401 g/mol. The van der Waals surface area contributed by atoms with Crippen LogP contribution in [0.15, 0.2) is 53.4 Å². The molecule has 0 fully saturated rings. The van der Waals surface area contributed by atoms with Crippen molar-refractivity contribution in [1.82, 2.24) is 0 Å². The molecule has 2 rings (SSSR count). The van der Waals surface area contributed by atoms with Gasteiger partial charge in [0.05, 0.1) is 10.6 Å². The van der Waals surface area contributed by atoms with Crippen LogP contribution in [0.5, 0.6) is 5.75 Å². The van der Waals surface area contributed by atoms with E-state index >= 15 is 0 Å².